The van der Waals surface area contributed by atoms with Crippen molar-refractivity contribution < 1.29 is 29.1 Å². The molecule has 8 nitrogen and oxygen atoms in total. The average Bonchev–Trinajstić information content (AvgIpc) is 2.49. The molecule has 0 atom stereocenters. The zero-order valence-electron chi connectivity index (χ0n) is 13.0. The van der Waals surface area contributed by atoms with Crippen molar-refractivity contribution >= 4 is 17.4 Å². The SMILES string of the molecule is COc1cc(C(=O)O)c([N+](=O)[O-])cc1OCCCCCC(C)=O. The van der Waals surface area contributed by atoms with Gasteiger partial charge in [-0.3, -0.25) is 10.1 Å². The molecule has 0 spiro atoms. The molecule has 0 unspecified atom stereocenters. The third-order valence-electron chi connectivity index (χ3n) is 3.14. The van der Waals surface area contributed by atoms with Gasteiger partial charge >= 0.3 is 5.97 Å². The molecule has 126 valence electrons. The fourth-order valence-corrected chi connectivity index (χ4v) is 1.98. The second-order valence-electron chi connectivity index (χ2n) is 4.94. The molecule has 0 aliphatic heterocycles. The lowest BCUT2D eigenvalue weighted by Gasteiger charge is -2.11. The third kappa shape index (κ3) is 5.57. The Labute approximate surface area is 133 Å². The van der Waals surface area contributed by atoms with Gasteiger partial charge in [-0.05, 0) is 26.2 Å². The van der Waals surface area contributed by atoms with E-state index in [-0.39, 0.29) is 23.9 Å². The quantitative estimate of drug-likeness (QED) is 0.399. The number of carboxylic acids is 1. The maximum Gasteiger partial charge on any atom is 0.342 e. The van der Waals surface area contributed by atoms with E-state index in [1.54, 1.807) is 0 Å². The number of ether oxygens (including phenoxy) is 2. The molecule has 0 fully saturated rings. The minimum atomic E-state index is -1.41. The predicted octanol–water partition coefficient (Wildman–Crippen LogP) is 2.83. The molecule has 0 saturated carbocycles. The number of Topliss-reactive ketones (excluding diaryl/α,β-unsaturated/α-hetero) is 1. The highest BCUT2D eigenvalue weighted by Gasteiger charge is 2.24. The van der Waals surface area contributed by atoms with Crippen molar-refractivity contribution in [2.75, 3.05) is 13.7 Å². The van der Waals surface area contributed by atoms with E-state index in [9.17, 15) is 19.7 Å². The van der Waals surface area contributed by atoms with E-state index in [4.69, 9.17) is 14.6 Å². The number of hydrogen-bond acceptors (Lipinski definition) is 6. The van der Waals surface area contributed by atoms with E-state index in [0.717, 1.165) is 25.0 Å². The highest BCUT2D eigenvalue weighted by atomic mass is 16.6. The molecular weight excluding hydrogens is 306 g/mol. The molecule has 1 N–H and O–H groups in total. The molecule has 0 saturated heterocycles. The van der Waals surface area contributed by atoms with E-state index < -0.39 is 22.1 Å². The van der Waals surface area contributed by atoms with Crippen molar-refractivity contribution in [2.24, 2.45) is 0 Å². The van der Waals surface area contributed by atoms with Gasteiger partial charge < -0.3 is 19.4 Å². The Hall–Kier alpha value is -2.64. The Morgan fingerprint density at radius 2 is 1.91 bits per heavy atom. The summed E-state index contributed by atoms with van der Waals surface area (Å²) in [5.74, 6) is -1.04. The molecule has 0 bridgehead atoms. The Morgan fingerprint density at radius 3 is 2.43 bits per heavy atom. The summed E-state index contributed by atoms with van der Waals surface area (Å²) in [6.45, 7) is 1.82. The summed E-state index contributed by atoms with van der Waals surface area (Å²) >= 11 is 0. The van der Waals surface area contributed by atoms with Gasteiger partial charge in [0, 0.05) is 12.5 Å². The van der Waals surface area contributed by atoms with Crippen LogP contribution in [0.2, 0.25) is 0 Å². The second-order valence-corrected chi connectivity index (χ2v) is 4.94. The van der Waals surface area contributed by atoms with Gasteiger partial charge in [0.2, 0.25) is 0 Å². The van der Waals surface area contributed by atoms with Crippen molar-refractivity contribution in [1.82, 2.24) is 0 Å². The third-order valence-corrected chi connectivity index (χ3v) is 3.14. The fraction of sp³-hybridized carbons (Fsp3) is 0.467. The van der Waals surface area contributed by atoms with Crippen LogP contribution in [0, 0.1) is 10.1 Å². The number of methoxy groups -OCH3 is 1. The largest absolute Gasteiger partial charge is 0.493 e. The summed E-state index contributed by atoms with van der Waals surface area (Å²) in [5.41, 5.74) is -1.01. The minimum absolute atomic E-state index is 0.121. The molecule has 0 aliphatic carbocycles. The highest BCUT2D eigenvalue weighted by Crippen LogP contribution is 2.34. The molecule has 23 heavy (non-hydrogen) atoms. The Kier molecular flexibility index (Phi) is 6.98. The Balaban J connectivity index is 2.77. The van der Waals surface area contributed by atoms with E-state index in [1.807, 2.05) is 0 Å². The van der Waals surface area contributed by atoms with E-state index >= 15 is 0 Å². The van der Waals surface area contributed by atoms with Gasteiger partial charge in [-0.2, -0.15) is 0 Å². The van der Waals surface area contributed by atoms with Gasteiger partial charge in [0.15, 0.2) is 11.5 Å². The number of rotatable bonds is 10. The number of nitro groups is 1. The molecule has 0 amide bonds. The van der Waals surface area contributed by atoms with Crippen molar-refractivity contribution in [1.29, 1.82) is 0 Å². The number of benzene rings is 1. The van der Waals surface area contributed by atoms with Gasteiger partial charge in [0.1, 0.15) is 11.3 Å². The topological polar surface area (TPSA) is 116 Å². The minimum Gasteiger partial charge on any atom is -0.493 e. The van der Waals surface area contributed by atoms with Gasteiger partial charge in [-0.15, -0.1) is 0 Å². The first-order chi connectivity index (χ1) is 10.9. The standard InChI is InChI=1S/C15H19NO7/c1-10(17)6-4-3-5-7-23-14-9-12(16(20)21)11(15(18)19)8-13(14)22-2/h8-9H,3-7H2,1-2H3,(H,18,19). The summed E-state index contributed by atoms with van der Waals surface area (Å²) in [7, 11) is 1.33. The van der Waals surface area contributed by atoms with Gasteiger partial charge in [-0.1, -0.05) is 0 Å². The van der Waals surface area contributed by atoms with Gasteiger partial charge in [-0.25, -0.2) is 4.79 Å². The predicted molar refractivity (Wildman–Crippen MR) is 81.3 cm³/mol. The molecular formula is C15H19NO7. The van der Waals surface area contributed by atoms with Crippen LogP contribution in [0.4, 0.5) is 5.69 Å². The maximum atomic E-state index is 11.1. The molecule has 1 aromatic carbocycles. The lowest BCUT2D eigenvalue weighted by Crippen LogP contribution is -2.06. The number of aromatic carboxylic acids is 1. The van der Waals surface area contributed by atoms with Crippen LogP contribution < -0.4 is 9.47 Å². The maximum absolute atomic E-state index is 11.1. The summed E-state index contributed by atoms with van der Waals surface area (Å²) in [6.07, 6.45) is 2.73. The number of carbonyl (C=O) groups is 2. The molecule has 0 aliphatic rings. The van der Waals surface area contributed by atoms with Crippen molar-refractivity contribution in [3.63, 3.8) is 0 Å². The first-order valence-electron chi connectivity index (χ1n) is 7.08. The van der Waals surface area contributed by atoms with E-state index in [2.05, 4.69) is 0 Å². The fourth-order valence-electron chi connectivity index (χ4n) is 1.98. The van der Waals surface area contributed by atoms with Crippen molar-refractivity contribution in [2.45, 2.75) is 32.6 Å². The lowest BCUT2D eigenvalue weighted by atomic mass is 10.1. The van der Waals surface area contributed by atoms with Crippen molar-refractivity contribution in [3.05, 3.63) is 27.8 Å². The lowest BCUT2D eigenvalue weighted by molar-refractivity contribution is -0.385. The van der Waals surface area contributed by atoms with Crippen molar-refractivity contribution in [3.8, 4) is 11.5 Å². The van der Waals surface area contributed by atoms with Crippen LogP contribution in [0.15, 0.2) is 12.1 Å². The number of nitro benzene ring substituents is 1. The van der Waals surface area contributed by atoms with Gasteiger partial charge in [0.05, 0.1) is 24.7 Å². The number of unbranched alkanes of at least 4 members (excludes halogenated alkanes) is 2. The summed E-state index contributed by atoms with van der Waals surface area (Å²) < 4.78 is 10.5. The monoisotopic (exact) mass is 325 g/mol. The van der Waals surface area contributed by atoms with Crippen LogP contribution in [0.5, 0.6) is 11.5 Å². The van der Waals surface area contributed by atoms with Crippen LogP contribution in [-0.4, -0.2) is 35.5 Å². The number of hydrogen-bond donors (Lipinski definition) is 1. The summed E-state index contributed by atoms with van der Waals surface area (Å²) in [6, 6.07) is 2.13. The Bertz CT molecular complexity index is 598. The second kappa shape index (κ2) is 8.72. The molecule has 0 aromatic heterocycles. The number of carboxylic acid groups (broad SMARTS) is 1. The molecule has 1 rings (SSSR count). The molecule has 0 radical (unpaired) electrons. The average molecular weight is 325 g/mol. The smallest absolute Gasteiger partial charge is 0.342 e. The highest BCUT2D eigenvalue weighted by molar-refractivity contribution is 5.93. The van der Waals surface area contributed by atoms with Crippen LogP contribution in [0.25, 0.3) is 0 Å². The summed E-state index contributed by atoms with van der Waals surface area (Å²) in [4.78, 5) is 32.1. The normalized spacial score (nSPS) is 10.2. The van der Waals surface area contributed by atoms with Crippen LogP contribution >= 0.6 is 0 Å². The zero-order valence-corrected chi connectivity index (χ0v) is 13.0. The summed E-state index contributed by atoms with van der Waals surface area (Å²) in [5, 5.41) is 20.0. The number of nitrogens with zero attached hydrogens (tertiary/aromatic N) is 1. The van der Waals surface area contributed by atoms with Crippen LogP contribution in [0.3, 0.4) is 0 Å². The van der Waals surface area contributed by atoms with E-state index in [1.165, 1.54) is 14.0 Å². The Morgan fingerprint density at radius 1 is 1.22 bits per heavy atom. The zero-order chi connectivity index (χ0) is 17.4. The van der Waals surface area contributed by atoms with Gasteiger partial charge in [0.25, 0.3) is 5.69 Å². The molecule has 0 heterocycles. The number of carbonyl (C=O) groups excluding carboxylic acids is 1. The first kappa shape index (κ1) is 18.4. The molecule has 8 heteroatoms. The van der Waals surface area contributed by atoms with Crippen LogP contribution in [-0.2, 0) is 4.79 Å². The first-order valence-corrected chi connectivity index (χ1v) is 7.08. The molecule has 1 aromatic rings. The van der Waals surface area contributed by atoms with E-state index in [0.29, 0.717) is 12.8 Å². The number of ketones is 1. The van der Waals surface area contributed by atoms with Crippen LogP contribution in [0.1, 0.15) is 43.0 Å².